The average Bonchev–Trinajstić information content (AvgIpc) is 2.70. The van der Waals surface area contributed by atoms with E-state index in [4.69, 9.17) is 0 Å². The van der Waals surface area contributed by atoms with Crippen LogP contribution in [-0.2, 0) is 0 Å². The molecular weight excluding hydrogens is 314 g/mol. The van der Waals surface area contributed by atoms with Crippen LogP contribution in [0.2, 0.25) is 0 Å². The molecule has 0 atom stereocenters. The third-order valence-corrected chi connectivity index (χ3v) is 4.77. The number of aryl methyl sites for hydroxylation is 1. The molecule has 0 aromatic heterocycles. The molecule has 0 amide bonds. The van der Waals surface area contributed by atoms with Crippen LogP contribution in [0.15, 0.2) is 84.9 Å². The largest absolute Gasteiger partial charge is 0.371 e. The molecule has 1 heteroatoms. The maximum absolute atomic E-state index is 2.46. The second kappa shape index (κ2) is 8.53. The summed E-state index contributed by atoms with van der Waals surface area (Å²) in [5, 5.41) is 0. The molecule has 0 radical (unpaired) electrons. The molecule has 3 aromatic carbocycles. The van der Waals surface area contributed by atoms with Crippen molar-refractivity contribution in [2.24, 2.45) is 0 Å². The lowest BCUT2D eigenvalue weighted by atomic mass is 9.92. The zero-order valence-corrected chi connectivity index (χ0v) is 15.9. The molecule has 0 fully saturated rings. The quantitative estimate of drug-likeness (QED) is 0.479. The van der Waals surface area contributed by atoms with Crippen molar-refractivity contribution in [3.05, 3.63) is 107 Å². The molecule has 0 aliphatic carbocycles. The maximum Gasteiger partial charge on any atom is 0.0525 e. The Morgan fingerprint density at radius 3 is 1.58 bits per heavy atom. The standard InChI is InChI=1S/C25H27N/c1-4-26(5-2)25(23-14-10-7-11-15-23)24(21-12-8-6-9-13-21)22-18-16-20(3)17-19-22/h6-19H,4-5H2,1-3H3/b25-24-. The van der Waals surface area contributed by atoms with Gasteiger partial charge in [0, 0.05) is 18.7 Å². The molecule has 0 unspecified atom stereocenters. The minimum absolute atomic E-state index is 0.975. The van der Waals surface area contributed by atoms with E-state index in [-0.39, 0.29) is 0 Å². The zero-order valence-electron chi connectivity index (χ0n) is 15.9. The van der Waals surface area contributed by atoms with Crippen molar-refractivity contribution < 1.29 is 0 Å². The first kappa shape index (κ1) is 18.0. The molecule has 0 saturated carbocycles. The summed E-state index contributed by atoms with van der Waals surface area (Å²) < 4.78 is 0. The van der Waals surface area contributed by atoms with Crippen LogP contribution in [0.4, 0.5) is 0 Å². The Labute approximate surface area is 157 Å². The molecule has 3 rings (SSSR count). The second-order valence-corrected chi connectivity index (χ2v) is 6.49. The van der Waals surface area contributed by atoms with Gasteiger partial charge >= 0.3 is 0 Å². The van der Waals surface area contributed by atoms with Gasteiger partial charge in [0.25, 0.3) is 0 Å². The van der Waals surface area contributed by atoms with Crippen LogP contribution in [0.25, 0.3) is 11.3 Å². The van der Waals surface area contributed by atoms with E-state index in [1.165, 1.54) is 33.5 Å². The normalized spacial score (nSPS) is 11.8. The van der Waals surface area contributed by atoms with Crippen molar-refractivity contribution in [1.82, 2.24) is 4.90 Å². The fourth-order valence-electron chi connectivity index (χ4n) is 3.39. The van der Waals surface area contributed by atoms with Crippen molar-refractivity contribution in [3.8, 4) is 0 Å². The predicted octanol–water partition coefficient (Wildman–Crippen LogP) is 6.25. The number of hydrogen-bond acceptors (Lipinski definition) is 1. The first-order chi connectivity index (χ1) is 12.7. The summed E-state index contributed by atoms with van der Waals surface area (Å²) in [5.41, 5.74) is 7.64. The minimum atomic E-state index is 0.975. The average molecular weight is 341 g/mol. The molecular formula is C25H27N. The van der Waals surface area contributed by atoms with E-state index in [0.717, 1.165) is 13.1 Å². The van der Waals surface area contributed by atoms with Gasteiger partial charge in [0.2, 0.25) is 0 Å². The lowest BCUT2D eigenvalue weighted by molar-refractivity contribution is 0.443. The van der Waals surface area contributed by atoms with Gasteiger partial charge in [-0.15, -0.1) is 0 Å². The summed E-state index contributed by atoms with van der Waals surface area (Å²) in [6.45, 7) is 8.54. The molecule has 0 aliphatic heterocycles. The summed E-state index contributed by atoms with van der Waals surface area (Å²) in [6, 6.07) is 30.4. The molecule has 0 bridgehead atoms. The van der Waals surface area contributed by atoms with E-state index in [0.29, 0.717) is 0 Å². The third kappa shape index (κ3) is 3.88. The van der Waals surface area contributed by atoms with Crippen molar-refractivity contribution in [3.63, 3.8) is 0 Å². The van der Waals surface area contributed by atoms with Gasteiger partial charge in [-0.2, -0.15) is 0 Å². The van der Waals surface area contributed by atoms with Crippen LogP contribution in [-0.4, -0.2) is 18.0 Å². The van der Waals surface area contributed by atoms with E-state index in [1.807, 2.05) is 0 Å². The molecule has 26 heavy (non-hydrogen) atoms. The fourth-order valence-corrected chi connectivity index (χ4v) is 3.39. The van der Waals surface area contributed by atoms with Gasteiger partial charge in [-0.05, 0) is 37.5 Å². The highest BCUT2D eigenvalue weighted by Crippen LogP contribution is 2.34. The fraction of sp³-hybridized carbons (Fsp3) is 0.200. The van der Waals surface area contributed by atoms with Crippen molar-refractivity contribution in [2.45, 2.75) is 20.8 Å². The summed E-state index contributed by atoms with van der Waals surface area (Å²) in [6.07, 6.45) is 0. The van der Waals surface area contributed by atoms with E-state index >= 15 is 0 Å². The number of nitrogens with zero attached hydrogens (tertiary/aromatic N) is 1. The highest BCUT2D eigenvalue weighted by atomic mass is 15.1. The topological polar surface area (TPSA) is 3.24 Å². The van der Waals surface area contributed by atoms with Crippen LogP contribution in [0.3, 0.4) is 0 Å². The Morgan fingerprint density at radius 2 is 1.08 bits per heavy atom. The lowest BCUT2D eigenvalue weighted by Crippen LogP contribution is -2.22. The Bertz CT molecular complexity index is 842. The smallest absolute Gasteiger partial charge is 0.0525 e. The Balaban J connectivity index is 2.34. The van der Waals surface area contributed by atoms with Gasteiger partial charge in [0.05, 0.1) is 5.70 Å². The van der Waals surface area contributed by atoms with Crippen LogP contribution >= 0.6 is 0 Å². The lowest BCUT2D eigenvalue weighted by Gasteiger charge is -2.29. The second-order valence-electron chi connectivity index (χ2n) is 6.49. The van der Waals surface area contributed by atoms with E-state index in [2.05, 4.69) is 111 Å². The molecule has 0 aliphatic rings. The van der Waals surface area contributed by atoms with E-state index < -0.39 is 0 Å². The SMILES string of the molecule is CCN(CC)/C(=C(/c1ccccc1)c1ccc(C)cc1)c1ccccc1. The van der Waals surface area contributed by atoms with Gasteiger partial charge in [-0.3, -0.25) is 0 Å². The van der Waals surface area contributed by atoms with Gasteiger partial charge in [0.1, 0.15) is 0 Å². The molecule has 1 nitrogen and oxygen atoms in total. The summed E-state index contributed by atoms with van der Waals surface area (Å²) in [5.74, 6) is 0. The molecule has 3 aromatic rings. The molecule has 0 N–H and O–H groups in total. The molecule has 0 heterocycles. The van der Waals surface area contributed by atoms with Crippen molar-refractivity contribution >= 4 is 11.3 Å². The van der Waals surface area contributed by atoms with Crippen LogP contribution in [0.1, 0.15) is 36.1 Å². The van der Waals surface area contributed by atoms with Crippen LogP contribution in [0, 0.1) is 6.92 Å². The number of benzene rings is 3. The molecule has 0 saturated heterocycles. The summed E-state index contributed by atoms with van der Waals surface area (Å²) in [7, 11) is 0. The monoisotopic (exact) mass is 341 g/mol. The Hall–Kier alpha value is -2.80. The zero-order chi connectivity index (χ0) is 18.4. The van der Waals surface area contributed by atoms with Crippen molar-refractivity contribution in [1.29, 1.82) is 0 Å². The molecule has 0 spiro atoms. The van der Waals surface area contributed by atoms with Gasteiger partial charge in [-0.25, -0.2) is 0 Å². The van der Waals surface area contributed by atoms with E-state index in [1.54, 1.807) is 0 Å². The Morgan fingerprint density at radius 1 is 0.615 bits per heavy atom. The maximum atomic E-state index is 2.46. The van der Waals surface area contributed by atoms with Gasteiger partial charge < -0.3 is 4.90 Å². The minimum Gasteiger partial charge on any atom is -0.371 e. The highest BCUT2D eigenvalue weighted by molar-refractivity contribution is 5.97. The van der Waals surface area contributed by atoms with Gasteiger partial charge in [-0.1, -0.05) is 90.5 Å². The molecule has 132 valence electrons. The van der Waals surface area contributed by atoms with E-state index in [9.17, 15) is 0 Å². The van der Waals surface area contributed by atoms with Crippen LogP contribution < -0.4 is 0 Å². The summed E-state index contributed by atoms with van der Waals surface area (Å²) in [4.78, 5) is 2.46. The summed E-state index contributed by atoms with van der Waals surface area (Å²) >= 11 is 0. The number of rotatable bonds is 6. The van der Waals surface area contributed by atoms with Crippen LogP contribution in [0.5, 0.6) is 0 Å². The predicted molar refractivity (Wildman–Crippen MR) is 113 cm³/mol. The number of hydrogen-bond donors (Lipinski definition) is 0. The first-order valence-corrected chi connectivity index (χ1v) is 9.41. The highest BCUT2D eigenvalue weighted by Gasteiger charge is 2.18. The third-order valence-electron chi connectivity index (χ3n) is 4.77. The Kier molecular flexibility index (Phi) is 5.91. The van der Waals surface area contributed by atoms with Gasteiger partial charge in [0.15, 0.2) is 0 Å². The first-order valence-electron chi connectivity index (χ1n) is 9.41. The van der Waals surface area contributed by atoms with Crippen molar-refractivity contribution in [2.75, 3.05) is 13.1 Å².